The van der Waals surface area contributed by atoms with Gasteiger partial charge in [-0.05, 0) is 67.1 Å². The molecule has 49 heavy (non-hydrogen) atoms. The number of fused-ring (bicyclic) bond motifs is 2. The number of hydrogen-bond donors (Lipinski definition) is 3. The molecule has 2 aromatic carbocycles. The fraction of sp³-hybridized carbons (Fsp3) is 0.361. The molecule has 0 aliphatic heterocycles. The molecule has 13 heteroatoms. The van der Waals surface area contributed by atoms with Crippen molar-refractivity contribution in [3.63, 3.8) is 0 Å². The van der Waals surface area contributed by atoms with Gasteiger partial charge in [-0.1, -0.05) is 62.9 Å². The maximum absolute atomic E-state index is 13.3. The van der Waals surface area contributed by atoms with Gasteiger partial charge < -0.3 is 10.6 Å². The van der Waals surface area contributed by atoms with Crippen LogP contribution >= 0.6 is 0 Å². The minimum absolute atomic E-state index is 0.0537. The highest BCUT2D eigenvalue weighted by Gasteiger charge is 2.26. The molecule has 3 aromatic heterocycles. The Morgan fingerprint density at radius 3 is 2.59 bits per heavy atom. The molecule has 0 saturated heterocycles. The van der Waals surface area contributed by atoms with Crippen molar-refractivity contribution in [2.75, 3.05) is 23.4 Å². The zero-order chi connectivity index (χ0) is 34.7. The van der Waals surface area contributed by atoms with Crippen LogP contribution in [0.15, 0.2) is 73.3 Å². The number of pyridine rings is 1. The number of hydrogen-bond acceptors (Lipinski definition) is 9. The highest BCUT2D eigenvalue weighted by molar-refractivity contribution is 7.89. The molecule has 1 aliphatic rings. The number of nitrogens with zero attached hydrogens (tertiary/aromatic N) is 5. The van der Waals surface area contributed by atoms with Gasteiger partial charge in [0.2, 0.25) is 21.9 Å². The van der Waals surface area contributed by atoms with E-state index in [0.29, 0.717) is 24.0 Å². The van der Waals surface area contributed by atoms with E-state index in [-0.39, 0.29) is 30.1 Å². The van der Waals surface area contributed by atoms with Gasteiger partial charge in [0.15, 0.2) is 17.3 Å². The van der Waals surface area contributed by atoms with E-state index in [1.807, 2.05) is 54.7 Å². The Hall–Kier alpha value is -4.75. The summed E-state index contributed by atoms with van der Waals surface area (Å²) < 4.78 is 41.6. The van der Waals surface area contributed by atoms with E-state index in [9.17, 15) is 17.6 Å². The van der Waals surface area contributed by atoms with E-state index >= 15 is 0 Å². The lowest BCUT2D eigenvalue weighted by Crippen LogP contribution is -2.32. The number of nitrogens with one attached hydrogen (secondary N) is 3. The number of halogens is 1. The second-order valence-electron chi connectivity index (χ2n) is 12.9. The molecular weight excluding hydrogens is 644 g/mol. The molecule has 11 nitrogen and oxygen atoms in total. The third-order valence-electron chi connectivity index (χ3n) is 9.17. The second-order valence-corrected chi connectivity index (χ2v) is 14.9. The van der Waals surface area contributed by atoms with Crippen LogP contribution in [0.5, 0.6) is 0 Å². The monoisotopic (exact) mass is 684 g/mol. The van der Waals surface area contributed by atoms with Crippen LogP contribution in [0.3, 0.4) is 0 Å². The minimum Gasteiger partial charge on any atom is -0.351 e. The predicted molar refractivity (Wildman–Crippen MR) is 191 cm³/mol. The van der Waals surface area contributed by atoms with Crippen LogP contribution in [0, 0.1) is 5.92 Å². The second kappa shape index (κ2) is 14.4. The summed E-state index contributed by atoms with van der Waals surface area (Å²) in [6.07, 6.45) is 6.77. The average Bonchev–Trinajstić information content (AvgIpc) is 3.52. The molecule has 0 amide bonds. The highest BCUT2D eigenvalue weighted by atomic mass is 32.2. The Morgan fingerprint density at radius 2 is 1.86 bits per heavy atom. The molecule has 0 spiro atoms. The lowest BCUT2D eigenvalue weighted by Gasteiger charge is -2.29. The summed E-state index contributed by atoms with van der Waals surface area (Å²) in [5, 5.41) is 13.5. The molecule has 5 aromatic rings. The predicted octanol–water partition coefficient (Wildman–Crippen LogP) is 6.19. The van der Waals surface area contributed by atoms with Gasteiger partial charge in [-0.15, -0.1) is 0 Å². The summed E-state index contributed by atoms with van der Waals surface area (Å²) in [4.78, 5) is 26.4. The standard InChI is InChI=1S/C36H41FN8O3S/c1-22(2)31-20-41-45-34(31)43-35(42-28-12-9-24(10-13-28)21-49(47,48)38-4)44-36(45)40-19-27-7-5-6-8-29(27)33-30-14-11-25(18-32(46)23(3)37)17-26(30)15-16-39-33/h5-8,11,14-17,20,22,24,28,38H,3,9-10,12-13,18-19,21H2,1-2,4H3,(H2,40,42,43,44). The van der Waals surface area contributed by atoms with Crippen molar-refractivity contribution in [3.8, 4) is 11.3 Å². The first kappa shape index (κ1) is 34.1. The van der Waals surface area contributed by atoms with Gasteiger partial charge >= 0.3 is 0 Å². The van der Waals surface area contributed by atoms with E-state index in [0.717, 1.165) is 64.5 Å². The van der Waals surface area contributed by atoms with Crippen molar-refractivity contribution in [1.82, 2.24) is 29.3 Å². The van der Waals surface area contributed by atoms with Crippen molar-refractivity contribution in [3.05, 3.63) is 90.0 Å². The number of sulfonamides is 1. The fourth-order valence-electron chi connectivity index (χ4n) is 6.44. The average molecular weight is 685 g/mol. The van der Waals surface area contributed by atoms with Crippen LogP contribution in [-0.2, 0) is 27.8 Å². The Kier molecular flexibility index (Phi) is 10.0. The molecule has 0 atom stereocenters. The molecule has 6 rings (SSSR count). The molecule has 0 bridgehead atoms. The van der Waals surface area contributed by atoms with E-state index in [4.69, 9.17) is 15.0 Å². The third kappa shape index (κ3) is 7.78. The SMILES string of the molecule is C=C(F)C(=O)Cc1ccc2c(-c3ccccc3CNc3nc(NC4CCC(CS(=O)(=O)NC)CC4)nc4c(C(C)C)cnn34)nccc2c1. The van der Waals surface area contributed by atoms with Crippen LogP contribution in [0.25, 0.3) is 27.7 Å². The molecule has 1 saturated carbocycles. The lowest BCUT2D eigenvalue weighted by molar-refractivity contribution is -0.116. The number of aromatic nitrogens is 5. The summed E-state index contributed by atoms with van der Waals surface area (Å²) >= 11 is 0. The molecule has 256 valence electrons. The number of carbonyl (C=O) groups is 1. The molecule has 0 radical (unpaired) electrons. The Morgan fingerprint density at radius 1 is 1.08 bits per heavy atom. The first-order chi connectivity index (χ1) is 23.5. The summed E-state index contributed by atoms with van der Waals surface area (Å²) in [6, 6.07) is 15.6. The lowest BCUT2D eigenvalue weighted by atomic mass is 9.87. The molecule has 0 unspecified atom stereocenters. The largest absolute Gasteiger partial charge is 0.351 e. The smallest absolute Gasteiger partial charge is 0.229 e. The summed E-state index contributed by atoms with van der Waals surface area (Å²) in [6.45, 7) is 7.75. The number of rotatable bonds is 13. The van der Waals surface area contributed by atoms with Gasteiger partial charge in [0.25, 0.3) is 0 Å². The van der Waals surface area contributed by atoms with E-state index in [2.05, 4.69) is 40.9 Å². The van der Waals surface area contributed by atoms with E-state index in [1.54, 1.807) is 10.7 Å². The van der Waals surface area contributed by atoms with Gasteiger partial charge in [-0.3, -0.25) is 9.78 Å². The maximum Gasteiger partial charge on any atom is 0.229 e. The van der Waals surface area contributed by atoms with Gasteiger partial charge in [-0.25, -0.2) is 17.5 Å². The zero-order valence-electron chi connectivity index (χ0n) is 27.9. The van der Waals surface area contributed by atoms with Crippen LogP contribution in [-0.4, -0.2) is 57.6 Å². The molecule has 3 N–H and O–H groups in total. The number of ketones is 1. The number of anilines is 2. The molecular formula is C36H41FN8O3S. The van der Waals surface area contributed by atoms with Crippen LogP contribution in [0.1, 0.15) is 62.1 Å². The summed E-state index contributed by atoms with van der Waals surface area (Å²) in [5.41, 5.74) is 5.14. The van der Waals surface area contributed by atoms with Gasteiger partial charge in [0.1, 0.15) is 0 Å². The Balaban J connectivity index is 1.25. The topological polar surface area (TPSA) is 143 Å². The summed E-state index contributed by atoms with van der Waals surface area (Å²) in [7, 11) is -1.79. The maximum atomic E-state index is 13.3. The van der Waals surface area contributed by atoms with Crippen molar-refractivity contribution in [2.24, 2.45) is 5.92 Å². The molecule has 1 fully saturated rings. The van der Waals surface area contributed by atoms with Crippen molar-refractivity contribution < 1.29 is 17.6 Å². The molecule has 1 aliphatic carbocycles. The van der Waals surface area contributed by atoms with Gasteiger partial charge in [0.05, 0.1) is 17.6 Å². The first-order valence-corrected chi connectivity index (χ1v) is 18.2. The number of carbonyl (C=O) groups excluding carboxylic acids is 1. The summed E-state index contributed by atoms with van der Waals surface area (Å²) in [5.74, 6) is -0.0669. The number of Topliss-reactive ketones (excluding diaryl/α,β-unsaturated/α-hetero) is 1. The quantitative estimate of drug-likeness (QED) is 0.124. The Bertz CT molecular complexity index is 2120. The van der Waals surface area contributed by atoms with Crippen molar-refractivity contribution >= 4 is 44.1 Å². The fourth-order valence-corrected chi connectivity index (χ4v) is 7.56. The normalized spacial score (nSPS) is 16.7. The van der Waals surface area contributed by atoms with Crippen LogP contribution < -0.4 is 15.4 Å². The Labute approximate surface area is 285 Å². The van der Waals surface area contributed by atoms with Gasteiger partial charge in [0, 0.05) is 41.7 Å². The highest BCUT2D eigenvalue weighted by Crippen LogP contribution is 2.32. The zero-order valence-corrected chi connectivity index (χ0v) is 28.7. The van der Waals surface area contributed by atoms with E-state index < -0.39 is 21.6 Å². The van der Waals surface area contributed by atoms with Crippen LogP contribution in [0.2, 0.25) is 0 Å². The first-order valence-electron chi connectivity index (χ1n) is 16.5. The number of allylic oxidation sites excluding steroid dienone is 1. The van der Waals surface area contributed by atoms with Gasteiger partial charge in [-0.2, -0.15) is 19.6 Å². The van der Waals surface area contributed by atoms with E-state index in [1.165, 1.54) is 7.05 Å². The number of benzene rings is 2. The van der Waals surface area contributed by atoms with Crippen molar-refractivity contribution in [2.45, 2.75) is 64.5 Å². The van der Waals surface area contributed by atoms with Crippen LogP contribution in [0.4, 0.5) is 16.3 Å². The third-order valence-corrected chi connectivity index (χ3v) is 10.7. The molecule has 3 heterocycles. The van der Waals surface area contributed by atoms with Crippen molar-refractivity contribution in [1.29, 1.82) is 0 Å². The minimum atomic E-state index is -3.24.